The van der Waals surface area contributed by atoms with Crippen LogP contribution in [0.1, 0.15) is 58.8 Å². The Bertz CT molecular complexity index is 518. The van der Waals surface area contributed by atoms with Crippen molar-refractivity contribution in [1.82, 2.24) is 0 Å². The third-order valence-electron chi connectivity index (χ3n) is 7.61. The van der Waals surface area contributed by atoms with Gasteiger partial charge in [0.2, 0.25) is 0 Å². The molecule has 1 unspecified atom stereocenters. The highest BCUT2D eigenvalue weighted by molar-refractivity contribution is 5.33. The van der Waals surface area contributed by atoms with Crippen LogP contribution >= 0.6 is 0 Å². The topological polar surface area (TPSA) is 40.5 Å². The van der Waals surface area contributed by atoms with Gasteiger partial charge >= 0.3 is 0 Å². The van der Waals surface area contributed by atoms with E-state index in [4.69, 9.17) is 0 Å². The van der Waals surface area contributed by atoms with Crippen molar-refractivity contribution in [1.29, 1.82) is 0 Å². The summed E-state index contributed by atoms with van der Waals surface area (Å²) >= 11 is 0. The van der Waals surface area contributed by atoms with E-state index in [9.17, 15) is 10.2 Å². The van der Waals surface area contributed by atoms with Crippen LogP contribution in [0.15, 0.2) is 23.8 Å². The van der Waals surface area contributed by atoms with Gasteiger partial charge in [0.1, 0.15) is 0 Å². The Morgan fingerprint density at radius 1 is 1.10 bits per heavy atom. The SMILES string of the molecule is C[C@]12CC=C3[C@@H](CCC4CCC=C[C@]34C)[C@@H]1CCC2(O)O. The molecule has 0 saturated heterocycles. The van der Waals surface area contributed by atoms with E-state index in [2.05, 4.69) is 32.1 Å². The molecule has 4 aliphatic carbocycles. The van der Waals surface area contributed by atoms with Crippen LogP contribution in [0, 0.1) is 28.6 Å². The molecule has 0 spiro atoms. The maximum Gasteiger partial charge on any atom is 0.168 e. The van der Waals surface area contributed by atoms with Crippen LogP contribution in [0.3, 0.4) is 0 Å². The van der Waals surface area contributed by atoms with Crippen molar-refractivity contribution in [3.63, 3.8) is 0 Å². The van der Waals surface area contributed by atoms with Gasteiger partial charge in [0.05, 0.1) is 0 Å². The van der Waals surface area contributed by atoms with E-state index in [-0.39, 0.29) is 10.8 Å². The van der Waals surface area contributed by atoms with Gasteiger partial charge in [0.25, 0.3) is 0 Å². The second-order valence-corrected chi connectivity index (χ2v) is 8.39. The zero-order valence-electron chi connectivity index (χ0n) is 13.3. The van der Waals surface area contributed by atoms with Crippen LogP contribution in [-0.4, -0.2) is 16.0 Å². The van der Waals surface area contributed by atoms with Gasteiger partial charge < -0.3 is 10.2 Å². The number of hydrogen-bond donors (Lipinski definition) is 2. The molecule has 0 aliphatic heterocycles. The van der Waals surface area contributed by atoms with Gasteiger partial charge in [-0.05, 0) is 56.3 Å². The van der Waals surface area contributed by atoms with E-state index in [0.717, 1.165) is 18.8 Å². The summed E-state index contributed by atoms with van der Waals surface area (Å²) in [7, 11) is 0. The highest BCUT2D eigenvalue weighted by Crippen LogP contribution is 2.64. The molecular weight excluding hydrogens is 260 g/mol. The van der Waals surface area contributed by atoms with Crippen LogP contribution in [0.2, 0.25) is 0 Å². The summed E-state index contributed by atoms with van der Waals surface area (Å²) in [5.41, 5.74) is 1.51. The lowest BCUT2D eigenvalue weighted by molar-refractivity contribution is -0.233. The molecule has 0 aromatic carbocycles. The Hall–Kier alpha value is -0.600. The molecule has 2 heteroatoms. The Balaban J connectivity index is 1.77. The maximum atomic E-state index is 10.4. The average molecular weight is 288 g/mol. The molecule has 4 aliphatic rings. The first kappa shape index (κ1) is 14.0. The zero-order chi connectivity index (χ0) is 14.9. The number of hydrogen-bond acceptors (Lipinski definition) is 2. The third-order valence-corrected chi connectivity index (χ3v) is 7.61. The lowest BCUT2D eigenvalue weighted by Gasteiger charge is -2.55. The molecule has 0 bridgehead atoms. The second kappa shape index (κ2) is 4.23. The molecule has 4 rings (SSSR count). The normalized spacial score (nSPS) is 50.9. The predicted molar refractivity (Wildman–Crippen MR) is 83.4 cm³/mol. The zero-order valence-corrected chi connectivity index (χ0v) is 13.3. The van der Waals surface area contributed by atoms with Crippen molar-refractivity contribution in [2.75, 3.05) is 0 Å². The van der Waals surface area contributed by atoms with Gasteiger partial charge in [-0.15, -0.1) is 0 Å². The minimum Gasteiger partial charge on any atom is -0.365 e. The Morgan fingerprint density at radius 3 is 2.71 bits per heavy atom. The summed E-state index contributed by atoms with van der Waals surface area (Å²) in [4.78, 5) is 0. The van der Waals surface area contributed by atoms with Crippen molar-refractivity contribution < 1.29 is 10.2 Å². The van der Waals surface area contributed by atoms with Crippen LogP contribution < -0.4 is 0 Å². The molecule has 2 saturated carbocycles. The van der Waals surface area contributed by atoms with Gasteiger partial charge in [-0.2, -0.15) is 0 Å². The fraction of sp³-hybridized carbons (Fsp3) is 0.789. The van der Waals surface area contributed by atoms with Crippen LogP contribution in [0.4, 0.5) is 0 Å². The van der Waals surface area contributed by atoms with E-state index in [0.29, 0.717) is 18.3 Å². The lowest BCUT2D eigenvalue weighted by atomic mass is 9.50. The summed E-state index contributed by atoms with van der Waals surface area (Å²) < 4.78 is 0. The van der Waals surface area contributed by atoms with E-state index in [1.807, 2.05) is 0 Å². The fourth-order valence-electron chi connectivity index (χ4n) is 6.10. The second-order valence-electron chi connectivity index (χ2n) is 8.39. The van der Waals surface area contributed by atoms with Gasteiger partial charge in [-0.3, -0.25) is 0 Å². The predicted octanol–water partition coefficient (Wildman–Crippen LogP) is 3.80. The van der Waals surface area contributed by atoms with Crippen LogP contribution in [-0.2, 0) is 0 Å². The maximum absolute atomic E-state index is 10.4. The molecule has 2 N–H and O–H groups in total. The third kappa shape index (κ3) is 1.66. The largest absolute Gasteiger partial charge is 0.365 e. The Labute approximate surface area is 127 Å². The molecule has 0 amide bonds. The minimum absolute atomic E-state index is 0.235. The monoisotopic (exact) mass is 288 g/mol. The van der Waals surface area contributed by atoms with Crippen molar-refractivity contribution in [2.24, 2.45) is 28.6 Å². The number of fused-ring (bicyclic) bond motifs is 5. The summed E-state index contributed by atoms with van der Waals surface area (Å²) in [5, 5.41) is 20.9. The molecule has 0 radical (unpaired) electrons. The highest BCUT2D eigenvalue weighted by Gasteiger charge is 2.61. The van der Waals surface area contributed by atoms with Gasteiger partial charge in [0, 0.05) is 17.3 Å². The number of allylic oxidation sites excluding steroid dienone is 4. The van der Waals surface area contributed by atoms with E-state index in [1.54, 1.807) is 5.57 Å². The van der Waals surface area contributed by atoms with Crippen molar-refractivity contribution >= 4 is 0 Å². The average Bonchev–Trinajstić information content (AvgIpc) is 2.69. The smallest absolute Gasteiger partial charge is 0.168 e. The van der Waals surface area contributed by atoms with Gasteiger partial charge in [-0.25, -0.2) is 0 Å². The van der Waals surface area contributed by atoms with Gasteiger partial charge in [0.15, 0.2) is 5.79 Å². The Kier molecular flexibility index (Phi) is 2.83. The lowest BCUT2D eigenvalue weighted by Crippen LogP contribution is -2.51. The quantitative estimate of drug-likeness (QED) is 0.526. The minimum atomic E-state index is -1.47. The van der Waals surface area contributed by atoms with Gasteiger partial charge in [-0.1, -0.05) is 37.6 Å². The van der Waals surface area contributed by atoms with E-state index in [1.165, 1.54) is 25.7 Å². The fourth-order valence-corrected chi connectivity index (χ4v) is 6.10. The molecule has 2 fully saturated rings. The summed E-state index contributed by atoms with van der Waals surface area (Å²) in [6, 6.07) is 0. The highest BCUT2D eigenvalue weighted by atomic mass is 16.5. The summed E-state index contributed by atoms with van der Waals surface area (Å²) in [6.45, 7) is 4.52. The van der Waals surface area contributed by atoms with Crippen LogP contribution in [0.25, 0.3) is 0 Å². The first-order valence-corrected chi connectivity index (χ1v) is 8.71. The van der Waals surface area contributed by atoms with Crippen LogP contribution in [0.5, 0.6) is 0 Å². The van der Waals surface area contributed by atoms with E-state index >= 15 is 0 Å². The Morgan fingerprint density at radius 2 is 1.90 bits per heavy atom. The number of rotatable bonds is 0. The van der Waals surface area contributed by atoms with E-state index < -0.39 is 5.79 Å². The summed E-state index contributed by atoms with van der Waals surface area (Å²) in [6.07, 6.45) is 14.7. The molecule has 5 atom stereocenters. The van der Waals surface area contributed by atoms with Crippen molar-refractivity contribution in [3.05, 3.63) is 23.8 Å². The van der Waals surface area contributed by atoms with Crippen molar-refractivity contribution in [2.45, 2.75) is 64.6 Å². The van der Waals surface area contributed by atoms with Crippen molar-refractivity contribution in [3.8, 4) is 0 Å². The molecule has 0 aromatic heterocycles. The standard InChI is InChI=1S/C19H28O2/c1-17-10-4-3-5-13(17)6-7-14-15(17)8-11-18(2)16(14)9-12-19(18,20)21/h4,8,10,13-14,16,20-21H,3,5-7,9,11-12H2,1-2H3/t13?,14-,16+,17+,18+/m1/s1. The molecular formula is C19H28O2. The molecule has 0 heterocycles. The number of aliphatic hydroxyl groups is 2. The summed E-state index contributed by atoms with van der Waals surface area (Å²) in [5.74, 6) is 0.332. The first-order chi connectivity index (χ1) is 9.88. The first-order valence-electron chi connectivity index (χ1n) is 8.71. The molecule has 21 heavy (non-hydrogen) atoms. The molecule has 2 nitrogen and oxygen atoms in total. The molecule has 0 aromatic rings. The molecule has 116 valence electrons.